The van der Waals surface area contributed by atoms with Gasteiger partial charge < -0.3 is 4.74 Å². The Morgan fingerprint density at radius 1 is 1.44 bits per heavy atom. The fourth-order valence-electron chi connectivity index (χ4n) is 1.75. The number of rotatable bonds is 1. The van der Waals surface area contributed by atoms with Crippen LogP contribution in [0.5, 0.6) is 0 Å². The second-order valence-electron chi connectivity index (χ2n) is 3.64. The number of anilines is 1. The van der Waals surface area contributed by atoms with E-state index >= 15 is 0 Å². The van der Waals surface area contributed by atoms with Gasteiger partial charge in [0.2, 0.25) is 0 Å². The van der Waals surface area contributed by atoms with Crippen molar-refractivity contribution >= 4 is 23.4 Å². The lowest BCUT2D eigenvalue weighted by molar-refractivity contribution is -0.243. The number of carbonyl (C=O) groups excluding carboxylic acids is 1. The summed E-state index contributed by atoms with van der Waals surface area (Å²) in [5.74, 6) is 0. The van der Waals surface area contributed by atoms with Gasteiger partial charge in [0.05, 0.1) is 5.69 Å². The fraction of sp³-hybridized carbons (Fsp3) is 0.182. The van der Waals surface area contributed by atoms with E-state index in [0.29, 0.717) is 6.08 Å². The molecule has 1 atom stereocenters. The minimum absolute atomic E-state index is 0.00660. The first-order chi connectivity index (χ1) is 8.30. The molecule has 1 heterocycles. The molecule has 0 radical (unpaired) electrons. The Bertz CT molecular complexity index is 530. The molecule has 0 saturated carbocycles. The largest absolute Gasteiger partial charge is 0.436 e. The molecule has 2 rings (SSSR count). The summed E-state index contributed by atoms with van der Waals surface area (Å²) in [7, 11) is 0. The highest BCUT2D eigenvalue weighted by Gasteiger charge is 2.60. The molecule has 96 valence electrons. The zero-order valence-corrected chi connectivity index (χ0v) is 9.60. The first-order valence-electron chi connectivity index (χ1n) is 4.80. The summed E-state index contributed by atoms with van der Waals surface area (Å²) in [4.78, 5) is 11.2. The second-order valence-corrected chi connectivity index (χ2v) is 4.08. The Balaban J connectivity index is 2.73. The van der Waals surface area contributed by atoms with Gasteiger partial charge >= 0.3 is 12.3 Å². The van der Waals surface area contributed by atoms with E-state index < -0.39 is 17.9 Å². The van der Waals surface area contributed by atoms with Gasteiger partial charge in [-0.15, -0.1) is 0 Å². The van der Waals surface area contributed by atoms with E-state index in [-0.39, 0.29) is 16.3 Å². The van der Waals surface area contributed by atoms with E-state index in [1.54, 1.807) is 0 Å². The van der Waals surface area contributed by atoms with E-state index in [9.17, 15) is 18.0 Å². The van der Waals surface area contributed by atoms with Crippen molar-refractivity contribution in [3.05, 3.63) is 41.4 Å². The number of amides is 1. The smallest absolute Gasteiger partial charge is 0.424 e. The van der Waals surface area contributed by atoms with E-state index in [0.717, 1.165) is 6.07 Å². The van der Waals surface area contributed by atoms with Gasteiger partial charge in [-0.05, 0) is 24.3 Å². The van der Waals surface area contributed by atoms with E-state index in [1.807, 2.05) is 0 Å². The first-order valence-corrected chi connectivity index (χ1v) is 5.18. The molecule has 1 aromatic carbocycles. The van der Waals surface area contributed by atoms with E-state index in [4.69, 9.17) is 11.6 Å². The molecule has 0 fully saturated rings. The topological polar surface area (TPSA) is 38.3 Å². The Morgan fingerprint density at radius 3 is 2.67 bits per heavy atom. The van der Waals surface area contributed by atoms with Crippen molar-refractivity contribution < 1.29 is 22.7 Å². The van der Waals surface area contributed by atoms with Crippen molar-refractivity contribution in [2.75, 3.05) is 5.32 Å². The summed E-state index contributed by atoms with van der Waals surface area (Å²) in [6, 6.07) is 3.74. The SMILES string of the molecule is C=CC1(C(F)(F)F)OC(=O)Nc2ccc(Cl)cc21. The zero-order valence-electron chi connectivity index (χ0n) is 8.84. The van der Waals surface area contributed by atoms with Crippen molar-refractivity contribution in [2.45, 2.75) is 11.8 Å². The minimum atomic E-state index is -4.83. The number of nitrogens with one attached hydrogen (secondary N) is 1. The lowest BCUT2D eigenvalue weighted by atomic mass is 9.90. The molecule has 7 heteroatoms. The molecule has 18 heavy (non-hydrogen) atoms. The highest BCUT2D eigenvalue weighted by Crippen LogP contribution is 2.48. The number of cyclic esters (lactones) is 1. The van der Waals surface area contributed by atoms with Crippen LogP contribution in [0.3, 0.4) is 0 Å². The van der Waals surface area contributed by atoms with Gasteiger partial charge in [-0.3, -0.25) is 5.32 Å². The van der Waals surface area contributed by atoms with Crippen LogP contribution >= 0.6 is 11.6 Å². The predicted octanol–water partition coefficient (Wildman–Crippen LogP) is 3.85. The molecule has 0 aromatic heterocycles. The standard InChI is InChI=1S/C11H7ClF3NO2/c1-2-10(11(13,14)15)7-5-6(12)3-4-8(7)16-9(17)18-10/h2-5H,1H2,(H,16,17). The van der Waals surface area contributed by atoms with Crippen molar-refractivity contribution in [1.82, 2.24) is 0 Å². The summed E-state index contributed by atoms with van der Waals surface area (Å²) in [5.41, 5.74) is -3.18. The van der Waals surface area contributed by atoms with Crippen molar-refractivity contribution in [3.8, 4) is 0 Å². The maximum absolute atomic E-state index is 13.2. The highest BCUT2D eigenvalue weighted by molar-refractivity contribution is 6.30. The van der Waals surface area contributed by atoms with Gasteiger partial charge in [0, 0.05) is 10.6 Å². The van der Waals surface area contributed by atoms with Crippen LogP contribution in [-0.2, 0) is 10.3 Å². The third-order valence-corrected chi connectivity index (χ3v) is 2.82. The molecule has 0 saturated heterocycles. The monoisotopic (exact) mass is 277 g/mol. The number of fused-ring (bicyclic) bond motifs is 1. The molecule has 1 N–H and O–H groups in total. The van der Waals surface area contributed by atoms with E-state index in [1.165, 1.54) is 12.1 Å². The third-order valence-electron chi connectivity index (χ3n) is 2.58. The maximum atomic E-state index is 13.2. The van der Waals surface area contributed by atoms with Gasteiger partial charge in [0.1, 0.15) is 0 Å². The fourth-order valence-corrected chi connectivity index (χ4v) is 1.92. The van der Waals surface area contributed by atoms with Crippen molar-refractivity contribution in [3.63, 3.8) is 0 Å². The highest BCUT2D eigenvalue weighted by atomic mass is 35.5. The number of carbonyl (C=O) groups is 1. The summed E-state index contributed by atoms with van der Waals surface area (Å²) in [6.07, 6.45) is -5.48. The minimum Gasteiger partial charge on any atom is -0.424 e. The van der Waals surface area contributed by atoms with Crippen LogP contribution in [0.1, 0.15) is 5.56 Å². The summed E-state index contributed by atoms with van der Waals surface area (Å²) in [6.45, 7) is 3.12. The number of hydrogen-bond donors (Lipinski definition) is 1. The number of ether oxygens (including phenoxy) is 1. The van der Waals surface area contributed by atoms with Crippen LogP contribution in [0.4, 0.5) is 23.7 Å². The van der Waals surface area contributed by atoms with Crippen LogP contribution in [0.15, 0.2) is 30.9 Å². The average molecular weight is 278 g/mol. The maximum Gasteiger partial charge on any atom is 0.436 e. The number of hydrogen-bond acceptors (Lipinski definition) is 2. The quantitative estimate of drug-likeness (QED) is 0.792. The van der Waals surface area contributed by atoms with Gasteiger partial charge in [0.15, 0.2) is 0 Å². The summed E-state index contributed by atoms with van der Waals surface area (Å²) in [5, 5.41) is 2.28. The molecule has 1 amide bonds. The Labute approximate surface area is 105 Å². The molecule has 1 aliphatic heterocycles. The van der Waals surface area contributed by atoms with Gasteiger partial charge in [-0.2, -0.15) is 13.2 Å². The Kier molecular flexibility index (Phi) is 2.77. The van der Waals surface area contributed by atoms with Gasteiger partial charge in [0.25, 0.3) is 5.60 Å². The van der Waals surface area contributed by atoms with Crippen LogP contribution in [0.25, 0.3) is 0 Å². The lowest BCUT2D eigenvalue weighted by Gasteiger charge is -2.37. The third kappa shape index (κ3) is 1.73. The molecule has 0 aliphatic carbocycles. The number of alkyl halides is 3. The first kappa shape index (κ1) is 12.8. The molecular weight excluding hydrogens is 271 g/mol. The normalized spacial score (nSPS) is 22.8. The molecular formula is C11H7ClF3NO2. The van der Waals surface area contributed by atoms with Gasteiger partial charge in [-0.1, -0.05) is 18.2 Å². The molecule has 1 aromatic rings. The molecule has 1 unspecified atom stereocenters. The molecule has 0 bridgehead atoms. The lowest BCUT2D eigenvalue weighted by Crippen LogP contribution is -2.48. The Hall–Kier alpha value is -1.69. The second kappa shape index (κ2) is 3.91. The van der Waals surface area contributed by atoms with Crippen LogP contribution in [-0.4, -0.2) is 12.3 Å². The van der Waals surface area contributed by atoms with Gasteiger partial charge in [-0.25, -0.2) is 4.79 Å². The number of halogens is 4. The summed E-state index contributed by atoms with van der Waals surface area (Å²) < 4.78 is 43.9. The van der Waals surface area contributed by atoms with E-state index in [2.05, 4.69) is 16.6 Å². The van der Waals surface area contributed by atoms with Crippen LogP contribution in [0, 0.1) is 0 Å². The molecule has 1 aliphatic rings. The zero-order chi connectivity index (χ0) is 13.6. The molecule has 3 nitrogen and oxygen atoms in total. The molecule has 0 spiro atoms. The number of benzene rings is 1. The summed E-state index contributed by atoms with van der Waals surface area (Å²) >= 11 is 5.68. The van der Waals surface area contributed by atoms with Crippen LogP contribution in [0.2, 0.25) is 5.02 Å². The average Bonchev–Trinajstić information content (AvgIpc) is 2.27. The van der Waals surface area contributed by atoms with Crippen LogP contribution < -0.4 is 5.32 Å². The van der Waals surface area contributed by atoms with Crippen molar-refractivity contribution in [2.24, 2.45) is 0 Å². The predicted molar refractivity (Wildman–Crippen MR) is 59.5 cm³/mol. The Morgan fingerprint density at radius 2 is 2.11 bits per heavy atom. The van der Waals surface area contributed by atoms with Crippen molar-refractivity contribution in [1.29, 1.82) is 0 Å².